The number of aliphatic hydroxyl groups is 1. The maximum absolute atomic E-state index is 11.8. The first kappa shape index (κ1) is 19.1. The number of hydroxylamine groups is 1. The number of amides is 1. The quantitative estimate of drug-likeness (QED) is 0.381. The lowest BCUT2D eigenvalue weighted by atomic mass is 9.86. The fourth-order valence-electron chi connectivity index (χ4n) is 3.45. The summed E-state index contributed by atoms with van der Waals surface area (Å²) in [6.45, 7) is 1.53. The van der Waals surface area contributed by atoms with Crippen molar-refractivity contribution in [1.82, 2.24) is 10.8 Å². The van der Waals surface area contributed by atoms with Crippen molar-refractivity contribution in [3.8, 4) is 11.8 Å². The van der Waals surface area contributed by atoms with E-state index >= 15 is 0 Å². The molecular weight excluding hydrogens is 340 g/mol. The Kier molecular flexibility index (Phi) is 6.25. The van der Waals surface area contributed by atoms with E-state index in [1.807, 2.05) is 42.5 Å². The van der Waals surface area contributed by atoms with E-state index in [2.05, 4.69) is 23.2 Å². The number of carbonyl (C=O) groups is 1. The summed E-state index contributed by atoms with van der Waals surface area (Å²) in [5, 5.41) is 21.9. The summed E-state index contributed by atoms with van der Waals surface area (Å²) in [6, 6.07) is 15.1. The molecule has 3 rings (SSSR count). The largest absolute Gasteiger partial charge is 0.391 e. The highest BCUT2D eigenvalue weighted by atomic mass is 16.5. The van der Waals surface area contributed by atoms with Crippen molar-refractivity contribution in [3.63, 3.8) is 0 Å². The molecule has 27 heavy (non-hydrogen) atoms. The lowest BCUT2D eigenvalue weighted by molar-refractivity contribution is -0.134. The lowest BCUT2D eigenvalue weighted by Gasteiger charge is -2.31. The normalized spacial score (nSPS) is 17.8. The van der Waals surface area contributed by atoms with Crippen LogP contribution in [-0.4, -0.2) is 28.4 Å². The van der Waals surface area contributed by atoms with Gasteiger partial charge in [-0.1, -0.05) is 36.1 Å². The zero-order valence-electron chi connectivity index (χ0n) is 15.3. The lowest BCUT2D eigenvalue weighted by Crippen LogP contribution is -2.51. The molecule has 0 bridgehead atoms. The average Bonchev–Trinajstić information content (AvgIpc) is 2.70. The van der Waals surface area contributed by atoms with E-state index in [1.54, 1.807) is 5.48 Å². The van der Waals surface area contributed by atoms with Gasteiger partial charge in [0.1, 0.15) is 6.04 Å². The predicted molar refractivity (Wildman–Crippen MR) is 103 cm³/mol. The van der Waals surface area contributed by atoms with E-state index in [0.717, 1.165) is 36.0 Å². The summed E-state index contributed by atoms with van der Waals surface area (Å²) in [5.41, 5.74) is 5.87. The van der Waals surface area contributed by atoms with Gasteiger partial charge in [0.25, 0.3) is 5.91 Å². The highest BCUT2D eigenvalue weighted by Crippen LogP contribution is 2.31. The van der Waals surface area contributed by atoms with Crippen LogP contribution in [0.15, 0.2) is 48.5 Å². The molecule has 1 amide bonds. The number of nitrogens with one attached hydrogen (secondary N) is 2. The number of hydrogen-bond donors (Lipinski definition) is 4. The Morgan fingerprint density at radius 3 is 2.59 bits per heavy atom. The van der Waals surface area contributed by atoms with E-state index < -0.39 is 18.1 Å². The maximum Gasteiger partial charge on any atom is 0.263 e. The Morgan fingerprint density at radius 2 is 1.89 bits per heavy atom. The first-order chi connectivity index (χ1) is 13.1. The first-order valence-electron chi connectivity index (χ1n) is 9.16. The molecule has 0 fully saturated rings. The number of aryl methyl sites for hydroxylation is 1. The van der Waals surface area contributed by atoms with E-state index in [4.69, 9.17) is 5.21 Å². The van der Waals surface area contributed by atoms with E-state index in [0.29, 0.717) is 0 Å². The van der Waals surface area contributed by atoms with Crippen LogP contribution in [0.5, 0.6) is 0 Å². The molecule has 0 aliphatic heterocycles. The third kappa shape index (κ3) is 4.75. The Bertz CT molecular complexity index is 853. The molecule has 0 radical (unpaired) electrons. The van der Waals surface area contributed by atoms with Gasteiger partial charge in [-0.3, -0.25) is 15.3 Å². The number of aliphatic hydroxyl groups excluding tert-OH is 1. The van der Waals surface area contributed by atoms with Gasteiger partial charge in [0.2, 0.25) is 0 Å². The van der Waals surface area contributed by atoms with Crippen LogP contribution in [0.2, 0.25) is 0 Å². The SMILES string of the molecule is C[C@@H](O)[C@H](NC1CCCc2cc(C#Cc3ccccc3)ccc21)C(=O)NO. The van der Waals surface area contributed by atoms with Gasteiger partial charge >= 0.3 is 0 Å². The molecule has 0 spiro atoms. The second-order valence-electron chi connectivity index (χ2n) is 6.84. The molecule has 1 unspecified atom stereocenters. The van der Waals surface area contributed by atoms with Gasteiger partial charge in [-0.25, -0.2) is 5.48 Å². The van der Waals surface area contributed by atoms with E-state index in [1.165, 1.54) is 12.5 Å². The van der Waals surface area contributed by atoms with Crippen molar-refractivity contribution in [2.45, 2.75) is 44.4 Å². The van der Waals surface area contributed by atoms with Crippen LogP contribution in [-0.2, 0) is 11.2 Å². The number of benzene rings is 2. The monoisotopic (exact) mass is 364 g/mol. The first-order valence-corrected chi connectivity index (χ1v) is 9.16. The van der Waals surface area contributed by atoms with Crippen LogP contribution in [0.4, 0.5) is 0 Å². The predicted octanol–water partition coefficient (Wildman–Crippen LogP) is 2.31. The standard InChI is InChI=1S/C22H24N2O3/c1-15(25)21(22(26)24-27)23-20-9-5-8-18-14-17(12-13-19(18)20)11-10-16-6-3-2-4-7-16/h2-4,6-7,12-15,20-21,23,25,27H,5,8-9H2,1H3,(H,24,26)/t15-,20?,21+/m1/s1. The number of carbonyl (C=O) groups excluding carboxylic acids is 1. The van der Waals surface area contributed by atoms with Crippen LogP contribution in [0, 0.1) is 11.8 Å². The van der Waals surface area contributed by atoms with Gasteiger partial charge in [-0.05, 0) is 61.6 Å². The molecule has 0 aromatic heterocycles. The summed E-state index contributed by atoms with van der Waals surface area (Å²) >= 11 is 0. The topological polar surface area (TPSA) is 81.6 Å². The van der Waals surface area contributed by atoms with Gasteiger partial charge in [0.05, 0.1) is 6.10 Å². The number of rotatable bonds is 4. The van der Waals surface area contributed by atoms with Gasteiger partial charge in [0.15, 0.2) is 0 Å². The third-order valence-electron chi connectivity index (χ3n) is 4.84. The van der Waals surface area contributed by atoms with Crippen molar-refractivity contribution < 1.29 is 15.1 Å². The third-order valence-corrected chi connectivity index (χ3v) is 4.84. The van der Waals surface area contributed by atoms with Gasteiger partial charge in [0, 0.05) is 17.2 Å². The molecule has 4 N–H and O–H groups in total. The molecule has 5 nitrogen and oxygen atoms in total. The van der Waals surface area contributed by atoms with Gasteiger partial charge in [-0.2, -0.15) is 0 Å². The molecule has 2 aromatic rings. The Labute approximate surface area is 159 Å². The highest BCUT2D eigenvalue weighted by molar-refractivity contribution is 5.81. The summed E-state index contributed by atoms with van der Waals surface area (Å²) in [6.07, 6.45) is 1.88. The van der Waals surface area contributed by atoms with Crippen LogP contribution in [0.25, 0.3) is 0 Å². The summed E-state index contributed by atoms with van der Waals surface area (Å²) in [5.74, 6) is 5.74. The van der Waals surface area contributed by atoms with E-state index in [-0.39, 0.29) is 6.04 Å². The Hall–Kier alpha value is -2.65. The fraction of sp³-hybridized carbons (Fsp3) is 0.318. The molecule has 0 saturated carbocycles. The molecule has 0 saturated heterocycles. The zero-order valence-corrected chi connectivity index (χ0v) is 15.3. The summed E-state index contributed by atoms with van der Waals surface area (Å²) in [7, 11) is 0. The molecule has 1 aliphatic carbocycles. The minimum Gasteiger partial charge on any atom is -0.391 e. The zero-order chi connectivity index (χ0) is 19.2. The van der Waals surface area contributed by atoms with Crippen LogP contribution >= 0.6 is 0 Å². The van der Waals surface area contributed by atoms with Crippen molar-refractivity contribution in [2.24, 2.45) is 0 Å². The summed E-state index contributed by atoms with van der Waals surface area (Å²) in [4.78, 5) is 11.8. The van der Waals surface area contributed by atoms with Crippen molar-refractivity contribution >= 4 is 5.91 Å². The number of fused-ring (bicyclic) bond motifs is 1. The Morgan fingerprint density at radius 1 is 1.15 bits per heavy atom. The highest BCUT2D eigenvalue weighted by Gasteiger charge is 2.29. The second kappa shape index (κ2) is 8.83. The van der Waals surface area contributed by atoms with Crippen LogP contribution in [0.3, 0.4) is 0 Å². The van der Waals surface area contributed by atoms with Crippen molar-refractivity contribution in [3.05, 3.63) is 70.8 Å². The molecule has 1 aliphatic rings. The molecule has 5 heteroatoms. The van der Waals surface area contributed by atoms with Crippen LogP contribution in [0.1, 0.15) is 48.1 Å². The summed E-state index contributed by atoms with van der Waals surface area (Å²) < 4.78 is 0. The minimum absolute atomic E-state index is 0.0539. The molecule has 0 heterocycles. The average molecular weight is 364 g/mol. The number of hydrogen-bond acceptors (Lipinski definition) is 4. The fourth-order valence-corrected chi connectivity index (χ4v) is 3.45. The van der Waals surface area contributed by atoms with Gasteiger partial charge < -0.3 is 5.11 Å². The minimum atomic E-state index is -0.918. The molecule has 3 atom stereocenters. The molecular formula is C22H24N2O3. The van der Waals surface area contributed by atoms with Crippen LogP contribution < -0.4 is 10.8 Å². The maximum atomic E-state index is 11.8. The van der Waals surface area contributed by atoms with Crippen molar-refractivity contribution in [2.75, 3.05) is 0 Å². The van der Waals surface area contributed by atoms with Gasteiger partial charge in [-0.15, -0.1) is 0 Å². The van der Waals surface area contributed by atoms with E-state index in [9.17, 15) is 9.90 Å². The Balaban J connectivity index is 1.80. The van der Waals surface area contributed by atoms with Crippen molar-refractivity contribution in [1.29, 1.82) is 0 Å². The molecule has 140 valence electrons. The molecule has 2 aromatic carbocycles. The smallest absolute Gasteiger partial charge is 0.263 e. The second-order valence-corrected chi connectivity index (χ2v) is 6.84.